The molecule has 1 saturated carbocycles. The number of hydrogen-bond donors (Lipinski definition) is 0. The molecule has 1 rings (SSSR count). The van der Waals surface area contributed by atoms with Gasteiger partial charge in [-0.2, -0.15) is 8.42 Å². The van der Waals surface area contributed by atoms with Crippen molar-refractivity contribution < 1.29 is 17.4 Å². The summed E-state index contributed by atoms with van der Waals surface area (Å²) in [7, 11) is -3.68. The minimum atomic E-state index is -3.68. The lowest BCUT2D eigenvalue weighted by atomic mass is 9.58. The van der Waals surface area contributed by atoms with Crippen LogP contribution in [0.1, 0.15) is 20.3 Å². The molecule has 2 unspecified atom stereocenters. The van der Waals surface area contributed by atoms with E-state index in [4.69, 9.17) is 39.0 Å². The molecule has 0 bridgehead atoms. The van der Waals surface area contributed by atoms with Gasteiger partial charge in [-0.25, -0.2) is 0 Å². The summed E-state index contributed by atoms with van der Waals surface area (Å²) >= 11 is 16.9. The average molecular weight is 324 g/mol. The van der Waals surface area contributed by atoms with Crippen molar-refractivity contribution in [3.8, 4) is 0 Å². The van der Waals surface area contributed by atoms with Gasteiger partial charge in [0.2, 0.25) is 0 Å². The predicted molar refractivity (Wildman–Crippen MR) is 66.9 cm³/mol. The van der Waals surface area contributed by atoms with Crippen LogP contribution in [-0.4, -0.2) is 30.4 Å². The van der Waals surface area contributed by atoms with Crippen molar-refractivity contribution in [1.82, 2.24) is 0 Å². The first-order chi connectivity index (χ1) is 7.34. The second-order valence-corrected chi connectivity index (χ2v) is 8.89. The largest absolute Gasteiger partial charge is 0.296 e. The van der Waals surface area contributed by atoms with Crippen LogP contribution in [0.15, 0.2) is 0 Å². The van der Waals surface area contributed by atoms with Gasteiger partial charge >= 0.3 is 0 Å². The number of carbonyl (C=O) groups excluding carboxylic acids is 1. The van der Waals surface area contributed by atoms with Gasteiger partial charge in [-0.15, -0.1) is 0 Å². The summed E-state index contributed by atoms with van der Waals surface area (Å²) in [6, 6.07) is 0. The number of halogens is 3. The van der Waals surface area contributed by atoms with Gasteiger partial charge in [0.05, 0.1) is 6.26 Å². The van der Waals surface area contributed by atoms with Crippen LogP contribution in [-0.2, 0) is 19.1 Å². The molecule has 1 aliphatic rings. The first kappa shape index (κ1) is 15.5. The third-order valence-electron chi connectivity index (χ3n) is 2.88. The fourth-order valence-corrected chi connectivity index (χ4v) is 3.10. The highest BCUT2D eigenvalue weighted by atomic mass is 35.6. The maximum absolute atomic E-state index is 11.8. The molecule has 100 valence electrons. The van der Waals surface area contributed by atoms with Crippen LogP contribution < -0.4 is 0 Å². The molecule has 1 aliphatic carbocycles. The van der Waals surface area contributed by atoms with E-state index in [-0.39, 0.29) is 12.2 Å². The molecule has 17 heavy (non-hydrogen) atoms. The quantitative estimate of drug-likeness (QED) is 0.591. The fourth-order valence-electron chi connectivity index (χ4n) is 1.94. The molecule has 0 heterocycles. The van der Waals surface area contributed by atoms with Crippen LogP contribution in [0.3, 0.4) is 0 Å². The predicted octanol–water partition coefficient (Wildman–Crippen LogP) is 2.32. The Morgan fingerprint density at radius 1 is 1.35 bits per heavy atom. The Morgan fingerprint density at radius 3 is 2.12 bits per heavy atom. The monoisotopic (exact) mass is 322 g/mol. The van der Waals surface area contributed by atoms with Gasteiger partial charge in [-0.1, -0.05) is 48.7 Å². The number of rotatable bonds is 3. The third kappa shape index (κ3) is 3.70. The summed E-state index contributed by atoms with van der Waals surface area (Å²) in [6.45, 7) is 3.43. The van der Waals surface area contributed by atoms with E-state index in [1.807, 2.05) is 0 Å². The van der Waals surface area contributed by atoms with E-state index in [0.29, 0.717) is 0 Å². The summed E-state index contributed by atoms with van der Waals surface area (Å²) in [5, 5.41) is 0. The van der Waals surface area contributed by atoms with Gasteiger partial charge < -0.3 is 0 Å². The maximum atomic E-state index is 11.8. The van der Waals surface area contributed by atoms with E-state index < -0.39 is 31.3 Å². The van der Waals surface area contributed by atoms with Crippen molar-refractivity contribution in [1.29, 1.82) is 0 Å². The Hall–Kier alpha value is 0.450. The highest BCUT2D eigenvalue weighted by molar-refractivity contribution is 7.86. The SMILES string of the molecule is CC1(C)C(CC(Cl)(Cl)Cl)C(=O)C1OS(C)(=O)=O. The Labute approximate surface area is 116 Å². The molecule has 1 fully saturated rings. The topological polar surface area (TPSA) is 60.4 Å². The molecule has 2 atom stereocenters. The zero-order valence-electron chi connectivity index (χ0n) is 9.54. The molecule has 0 aromatic rings. The van der Waals surface area contributed by atoms with Crippen molar-refractivity contribution in [3.05, 3.63) is 0 Å². The molecule has 0 radical (unpaired) electrons. The molecular formula is C9H13Cl3O4S. The minimum Gasteiger partial charge on any atom is -0.296 e. The summed E-state index contributed by atoms with van der Waals surface area (Å²) in [4.78, 5) is 11.8. The highest BCUT2D eigenvalue weighted by Crippen LogP contribution is 2.51. The number of alkyl halides is 3. The Balaban J connectivity index is 2.81. The lowest BCUT2D eigenvalue weighted by molar-refractivity contribution is -0.161. The molecule has 0 N–H and O–H groups in total. The highest BCUT2D eigenvalue weighted by Gasteiger charge is 2.59. The van der Waals surface area contributed by atoms with Crippen LogP contribution in [0.25, 0.3) is 0 Å². The van der Waals surface area contributed by atoms with Gasteiger partial charge in [-0.3, -0.25) is 8.98 Å². The Bertz CT molecular complexity index is 424. The second-order valence-electron chi connectivity index (χ2n) is 4.78. The van der Waals surface area contributed by atoms with Crippen molar-refractivity contribution in [3.63, 3.8) is 0 Å². The summed E-state index contributed by atoms with van der Waals surface area (Å²) < 4.78 is 25.2. The standard InChI is InChI=1S/C9H13Cl3O4S/c1-8(2)5(4-9(10,11)12)6(13)7(8)16-17(3,14)15/h5,7H,4H2,1-3H3. The molecule has 0 aliphatic heterocycles. The average Bonchev–Trinajstić information content (AvgIpc) is 2.07. The third-order valence-corrected chi connectivity index (χ3v) is 3.89. The van der Waals surface area contributed by atoms with E-state index in [0.717, 1.165) is 6.26 Å². The van der Waals surface area contributed by atoms with Gasteiger partial charge in [-0.05, 0) is 0 Å². The molecule has 4 nitrogen and oxygen atoms in total. The molecule has 0 amide bonds. The van der Waals surface area contributed by atoms with Crippen LogP contribution in [0.2, 0.25) is 0 Å². The van der Waals surface area contributed by atoms with Crippen molar-refractivity contribution in [2.75, 3.05) is 6.26 Å². The normalized spacial score (nSPS) is 28.9. The molecule has 0 aromatic heterocycles. The van der Waals surface area contributed by atoms with Crippen LogP contribution in [0.4, 0.5) is 0 Å². The van der Waals surface area contributed by atoms with Crippen LogP contribution in [0.5, 0.6) is 0 Å². The molecule has 0 saturated heterocycles. The lowest BCUT2D eigenvalue weighted by Crippen LogP contribution is -2.61. The van der Waals surface area contributed by atoms with E-state index in [9.17, 15) is 13.2 Å². The number of hydrogen-bond acceptors (Lipinski definition) is 4. The maximum Gasteiger partial charge on any atom is 0.265 e. The van der Waals surface area contributed by atoms with Gasteiger partial charge in [0, 0.05) is 17.8 Å². The molecule has 0 spiro atoms. The first-order valence-corrected chi connectivity index (χ1v) is 7.78. The summed E-state index contributed by atoms with van der Waals surface area (Å²) in [5.41, 5.74) is -0.663. The van der Waals surface area contributed by atoms with Gasteiger partial charge in [0.25, 0.3) is 10.1 Å². The Morgan fingerprint density at radius 2 is 1.82 bits per heavy atom. The summed E-state index contributed by atoms with van der Waals surface area (Å²) in [6.07, 6.45) is -0.0407. The van der Waals surface area contributed by atoms with E-state index in [1.165, 1.54) is 0 Å². The van der Waals surface area contributed by atoms with E-state index >= 15 is 0 Å². The second kappa shape index (κ2) is 4.53. The first-order valence-electron chi connectivity index (χ1n) is 4.83. The number of ketones is 1. The molecule has 8 heteroatoms. The van der Waals surface area contributed by atoms with E-state index in [1.54, 1.807) is 13.8 Å². The Kier molecular flexibility index (Phi) is 4.13. The zero-order valence-corrected chi connectivity index (χ0v) is 12.6. The van der Waals surface area contributed by atoms with Gasteiger partial charge in [0.15, 0.2) is 9.58 Å². The van der Waals surface area contributed by atoms with Crippen molar-refractivity contribution in [2.45, 2.75) is 30.2 Å². The van der Waals surface area contributed by atoms with Crippen molar-refractivity contribution >= 4 is 50.7 Å². The van der Waals surface area contributed by atoms with Crippen LogP contribution >= 0.6 is 34.8 Å². The molecular weight excluding hydrogens is 311 g/mol. The molecule has 0 aromatic carbocycles. The number of carbonyl (C=O) groups is 1. The van der Waals surface area contributed by atoms with Crippen molar-refractivity contribution in [2.24, 2.45) is 11.3 Å². The fraction of sp³-hybridized carbons (Fsp3) is 0.889. The lowest BCUT2D eigenvalue weighted by Gasteiger charge is -2.49. The minimum absolute atomic E-state index is 0.0487. The summed E-state index contributed by atoms with van der Waals surface area (Å²) in [5.74, 6) is -0.853. The van der Waals surface area contributed by atoms with Gasteiger partial charge in [0.1, 0.15) is 6.10 Å². The van der Waals surface area contributed by atoms with E-state index in [2.05, 4.69) is 0 Å². The number of Topliss-reactive ketones (excluding diaryl/α,β-unsaturated/α-hetero) is 1. The van der Waals surface area contributed by atoms with Crippen LogP contribution in [0, 0.1) is 11.3 Å². The smallest absolute Gasteiger partial charge is 0.265 e. The zero-order chi connectivity index (χ0) is 13.6.